The lowest BCUT2D eigenvalue weighted by molar-refractivity contribution is 0.164. The van der Waals surface area contributed by atoms with Gasteiger partial charge in [-0.1, -0.05) is 49.3 Å². The smallest absolute Gasteiger partial charge is 0.229 e. The number of hydrogen-bond donors (Lipinski definition) is 1. The Hall–Kier alpha value is -1.33. The Labute approximate surface area is 117 Å². The van der Waals surface area contributed by atoms with Gasteiger partial charge in [0.2, 0.25) is 5.89 Å². The van der Waals surface area contributed by atoms with E-state index in [1.807, 2.05) is 30.3 Å². The molecule has 1 N–H and O–H groups in total. The van der Waals surface area contributed by atoms with Crippen molar-refractivity contribution in [2.45, 2.75) is 37.4 Å². The molecule has 1 aromatic heterocycles. The first-order valence-corrected chi connectivity index (χ1v) is 7.36. The number of nitrogens with zero attached hydrogens (tertiary/aromatic N) is 2. The van der Waals surface area contributed by atoms with Gasteiger partial charge in [0, 0.05) is 0 Å². The van der Waals surface area contributed by atoms with Crippen molar-refractivity contribution >= 4 is 11.8 Å². The number of benzene rings is 1. The third-order valence-electron chi connectivity index (χ3n) is 2.61. The summed E-state index contributed by atoms with van der Waals surface area (Å²) in [6, 6.07) is 9.49. The van der Waals surface area contributed by atoms with E-state index in [0.29, 0.717) is 23.4 Å². The molecule has 5 heteroatoms. The summed E-state index contributed by atoms with van der Waals surface area (Å²) in [6.45, 7) is 4.26. The van der Waals surface area contributed by atoms with Crippen LogP contribution in [0.5, 0.6) is 0 Å². The van der Waals surface area contributed by atoms with Gasteiger partial charge in [-0.15, -0.1) is 0 Å². The Morgan fingerprint density at radius 1 is 1.26 bits per heavy atom. The van der Waals surface area contributed by atoms with Gasteiger partial charge in [0.1, 0.15) is 0 Å². The minimum Gasteiger partial charge on any atom is -0.388 e. The highest BCUT2D eigenvalue weighted by molar-refractivity contribution is 7.99. The minimum absolute atomic E-state index is 0.351. The van der Waals surface area contributed by atoms with Gasteiger partial charge in [0.25, 0.3) is 0 Å². The summed E-state index contributed by atoms with van der Waals surface area (Å²) < 4.78 is 5.15. The predicted molar refractivity (Wildman–Crippen MR) is 75.8 cm³/mol. The van der Waals surface area contributed by atoms with Gasteiger partial charge >= 0.3 is 0 Å². The Morgan fingerprint density at radius 3 is 2.68 bits per heavy atom. The predicted octanol–water partition coefficient (Wildman–Crippen LogP) is 2.99. The average Bonchev–Trinajstić information content (AvgIpc) is 2.85. The number of aliphatic hydroxyl groups is 1. The van der Waals surface area contributed by atoms with Gasteiger partial charge in [-0.25, -0.2) is 0 Å². The molecule has 0 bridgehead atoms. The van der Waals surface area contributed by atoms with Gasteiger partial charge in [-0.05, 0) is 10.8 Å². The molecule has 0 aliphatic carbocycles. The molecule has 0 radical (unpaired) electrons. The van der Waals surface area contributed by atoms with E-state index >= 15 is 0 Å². The minimum atomic E-state index is -0.604. The van der Waals surface area contributed by atoms with Gasteiger partial charge < -0.3 is 9.63 Å². The Kier molecular flexibility index (Phi) is 4.99. The van der Waals surface area contributed by atoms with E-state index in [2.05, 4.69) is 24.0 Å². The molecule has 0 fully saturated rings. The number of aromatic nitrogens is 2. The van der Waals surface area contributed by atoms with Crippen molar-refractivity contribution in [2.75, 3.05) is 0 Å². The molecule has 1 unspecified atom stereocenters. The quantitative estimate of drug-likeness (QED) is 0.880. The molecule has 1 atom stereocenters. The lowest BCUT2D eigenvalue weighted by atomic mass is 10.1. The molecule has 0 aliphatic heterocycles. The number of rotatable bonds is 6. The van der Waals surface area contributed by atoms with Crippen LogP contribution in [0.1, 0.15) is 37.2 Å². The number of thioether (sulfide) groups is 1. The van der Waals surface area contributed by atoms with Crippen LogP contribution < -0.4 is 0 Å². The van der Waals surface area contributed by atoms with Crippen LogP contribution in [0.4, 0.5) is 0 Å². The zero-order valence-corrected chi connectivity index (χ0v) is 11.9. The van der Waals surface area contributed by atoms with Crippen LogP contribution >= 0.6 is 11.8 Å². The topological polar surface area (TPSA) is 59.2 Å². The molecular formula is C14H18N2O2S. The molecule has 1 aromatic carbocycles. The summed E-state index contributed by atoms with van der Waals surface area (Å²) in [4.78, 5) is 4.29. The highest BCUT2D eigenvalue weighted by Gasteiger charge is 2.14. The summed E-state index contributed by atoms with van der Waals surface area (Å²) in [6.07, 6.45) is -0.254. The maximum Gasteiger partial charge on any atom is 0.229 e. The first-order valence-electron chi connectivity index (χ1n) is 6.31. The van der Waals surface area contributed by atoms with E-state index in [-0.39, 0.29) is 0 Å². The summed E-state index contributed by atoms with van der Waals surface area (Å²) in [5.74, 6) is 1.91. The molecule has 4 nitrogen and oxygen atoms in total. The van der Waals surface area contributed by atoms with Crippen molar-refractivity contribution in [3.8, 4) is 0 Å². The molecule has 0 aliphatic rings. The third-order valence-corrected chi connectivity index (χ3v) is 3.70. The second-order valence-electron chi connectivity index (χ2n) is 4.59. The fourth-order valence-electron chi connectivity index (χ4n) is 1.63. The third kappa shape index (κ3) is 4.36. The van der Waals surface area contributed by atoms with Crippen LogP contribution in [-0.4, -0.2) is 20.5 Å². The first kappa shape index (κ1) is 14.1. The van der Waals surface area contributed by atoms with Crippen LogP contribution in [0, 0.1) is 0 Å². The number of hydrogen-bond acceptors (Lipinski definition) is 5. The molecule has 1 heterocycles. The van der Waals surface area contributed by atoms with E-state index in [1.54, 1.807) is 11.8 Å². The highest BCUT2D eigenvalue weighted by Crippen LogP contribution is 2.19. The molecule has 0 spiro atoms. The highest BCUT2D eigenvalue weighted by atomic mass is 32.2. The molecule has 0 saturated carbocycles. The molecule has 0 amide bonds. The zero-order chi connectivity index (χ0) is 13.7. The Morgan fingerprint density at radius 2 is 2.00 bits per heavy atom. The van der Waals surface area contributed by atoms with E-state index in [1.165, 1.54) is 0 Å². The van der Waals surface area contributed by atoms with Crippen molar-refractivity contribution in [1.82, 2.24) is 10.1 Å². The summed E-state index contributed by atoms with van der Waals surface area (Å²) >= 11 is 1.77. The Bertz CT molecular complexity index is 499. The van der Waals surface area contributed by atoms with E-state index in [4.69, 9.17) is 4.52 Å². The lowest BCUT2D eigenvalue weighted by Crippen LogP contribution is -2.02. The maximum atomic E-state index is 10.1. The van der Waals surface area contributed by atoms with Crippen LogP contribution in [0.2, 0.25) is 0 Å². The van der Waals surface area contributed by atoms with Crippen molar-refractivity contribution in [2.24, 2.45) is 0 Å². The normalized spacial score (nSPS) is 12.8. The van der Waals surface area contributed by atoms with Gasteiger partial charge in [-0.3, -0.25) is 0 Å². The van der Waals surface area contributed by atoms with Gasteiger partial charge in [0.05, 0.1) is 18.3 Å². The maximum absolute atomic E-state index is 10.1. The molecule has 19 heavy (non-hydrogen) atoms. The largest absolute Gasteiger partial charge is 0.388 e. The van der Waals surface area contributed by atoms with Crippen LogP contribution in [0.3, 0.4) is 0 Å². The monoisotopic (exact) mass is 278 g/mol. The second kappa shape index (κ2) is 6.73. The Balaban J connectivity index is 1.93. The SMILES string of the molecule is CC(C)SCc1noc(CC(O)c2ccccc2)n1. The van der Waals surface area contributed by atoms with E-state index in [0.717, 1.165) is 11.3 Å². The van der Waals surface area contributed by atoms with Crippen LogP contribution in [0.25, 0.3) is 0 Å². The van der Waals surface area contributed by atoms with Crippen molar-refractivity contribution in [3.63, 3.8) is 0 Å². The van der Waals surface area contributed by atoms with E-state index < -0.39 is 6.10 Å². The van der Waals surface area contributed by atoms with E-state index in [9.17, 15) is 5.11 Å². The second-order valence-corrected chi connectivity index (χ2v) is 6.16. The first-order chi connectivity index (χ1) is 9.15. The van der Waals surface area contributed by atoms with Crippen LogP contribution in [0.15, 0.2) is 34.9 Å². The van der Waals surface area contributed by atoms with Gasteiger partial charge in [-0.2, -0.15) is 16.7 Å². The summed E-state index contributed by atoms with van der Waals surface area (Å²) in [5, 5.41) is 14.5. The van der Waals surface area contributed by atoms with Crippen LogP contribution in [-0.2, 0) is 12.2 Å². The molecule has 0 saturated heterocycles. The summed E-state index contributed by atoms with van der Waals surface area (Å²) in [7, 11) is 0. The zero-order valence-electron chi connectivity index (χ0n) is 11.1. The fourth-order valence-corrected chi connectivity index (χ4v) is 2.23. The van der Waals surface area contributed by atoms with Crippen molar-refractivity contribution in [3.05, 3.63) is 47.6 Å². The molecule has 2 rings (SSSR count). The average molecular weight is 278 g/mol. The van der Waals surface area contributed by atoms with Crippen molar-refractivity contribution < 1.29 is 9.63 Å². The summed E-state index contributed by atoms with van der Waals surface area (Å²) in [5.41, 5.74) is 0.860. The lowest BCUT2D eigenvalue weighted by Gasteiger charge is -2.07. The van der Waals surface area contributed by atoms with Gasteiger partial charge in [0.15, 0.2) is 5.82 Å². The molecular weight excluding hydrogens is 260 g/mol. The fraction of sp³-hybridized carbons (Fsp3) is 0.429. The molecule has 2 aromatic rings. The van der Waals surface area contributed by atoms with Crippen molar-refractivity contribution in [1.29, 1.82) is 0 Å². The molecule has 102 valence electrons. The standard InChI is InChI=1S/C14H18N2O2S/c1-10(2)19-9-13-15-14(18-16-13)8-12(17)11-6-4-3-5-7-11/h3-7,10,12,17H,8-9H2,1-2H3. The number of aliphatic hydroxyl groups excluding tert-OH is 1.